The molecule has 0 aliphatic carbocycles. The third-order valence-corrected chi connectivity index (χ3v) is 3.44. The summed E-state index contributed by atoms with van der Waals surface area (Å²) in [4.78, 5) is 11.8. The Bertz CT molecular complexity index is 437. The molecule has 2 unspecified atom stereocenters. The van der Waals surface area contributed by atoms with Crippen LogP contribution in [-0.2, 0) is 0 Å². The molecule has 1 aliphatic rings. The predicted octanol–water partition coefficient (Wildman–Crippen LogP) is 2.08. The van der Waals surface area contributed by atoms with E-state index in [9.17, 15) is 13.6 Å². The van der Waals surface area contributed by atoms with E-state index in [1.54, 1.807) is 0 Å². The fourth-order valence-electron chi connectivity index (χ4n) is 2.26. The SMILES string of the molecule is CC1CCC(CNC(=O)c2cc(F)cc(F)c2)CN1. The van der Waals surface area contributed by atoms with Gasteiger partial charge in [0.15, 0.2) is 0 Å². The molecule has 1 fully saturated rings. The fourth-order valence-corrected chi connectivity index (χ4v) is 2.26. The van der Waals surface area contributed by atoms with E-state index < -0.39 is 17.5 Å². The smallest absolute Gasteiger partial charge is 0.251 e. The number of hydrogen-bond donors (Lipinski definition) is 2. The minimum Gasteiger partial charge on any atom is -0.352 e. The number of rotatable bonds is 3. The number of piperidine rings is 1. The van der Waals surface area contributed by atoms with Crippen molar-refractivity contribution in [3.8, 4) is 0 Å². The highest BCUT2D eigenvalue weighted by Crippen LogP contribution is 2.13. The number of carbonyl (C=O) groups is 1. The van der Waals surface area contributed by atoms with Gasteiger partial charge in [-0.05, 0) is 44.4 Å². The summed E-state index contributed by atoms with van der Waals surface area (Å²) in [6, 6.07) is 3.35. The van der Waals surface area contributed by atoms with E-state index in [-0.39, 0.29) is 5.56 Å². The molecule has 0 bridgehead atoms. The highest BCUT2D eigenvalue weighted by molar-refractivity contribution is 5.94. The average Bonchev–Trinajstić information content (AvgIpc) is 2.36. The molecule has 5 heteroatoms. The van der Waals surface area contributed by atoms with Crippen molar-refractivity contribution in [2.24, 2.45) is 5.92 Å². The first kappa shape index (κ1) is 13.9. The van der Waals surface area contributed by atoms with Gasteiger partial charge in [0, 0.05) is 24.2 Å². The minimum absolute atomic E-state index is 0.0228. The second kappa shape index (κ2) is 6.10. The van der Waals surface area contributed by atoms with Crippen LogP contribution < -0.4 is 10.6 Å². The molecule has 2 atom stereocenters. The molecule has 0 radical (unpaired) electrons. The summed E-state index contributed by atoms with van der Waals surface area (Å²) in [6.45, 7) is 3.51. The molecule has 0 aromatic heterocycles. The minimum atomic E-state index is -0.738. The van der Waals surface area contributed by atoms with Crippen molar-refractivity contribution in [1.82, 2.24) is 10.6 Å². The van der Waals surface area contributed by atoms with Crippen LogP contribution in [0.1, 0.15) is 30.1 Å². The molecule has 0 spiro atoms. The lowest BCUT2D eigenvalue weighted by atomic mass is 9.95. The van der Waals surface area contributed by atoms with Gasteiger partial charge in [0.1, 0.15) is 11.6 Å². The summed E-state index contributed by atoms with van der Waals surface area (Å²) in [7, 11) is 0. The summed E-state index contributed by atoms with van der Waals surface area (Å²) in [5.74, 6) is -1.54. The zero-order valence-corrected chi connectivity index (χ0v) is 10.9. The largest absolute Gasteiger partial charge is 0.352 e. The lowest BCUT2D eigenvalue weighted by Gasteiger charge is -2.27. The van der Waals surface area contributed by atoms with Gasteiger partial charge in [0.25, 0.3) is 5.91 Å². The molecule has 3 nitrogen and oxygen atoms in total. The van der Waals surface area contributed by atoms with Crippen molar-refractivity contribution in [3.05, 3.63) is 35.4 Å². The first-order chi connectivity index (χ1) is 9.04. The van der Waals surface area contributed by atoms with Crippen molar-refractivity contribution >= 4 is 5.91 Å². The second-order valence-electron chi connectivity index (χ2n) is 5.12. The van der Waals surface area contributed by atoms with E-state index in [0.29, 0.717) is 18.5 Å². The van der Waals surface area contributed by atoms with Crippen molar-refractivity contribution in [3.63, 3.8) is 0 Å². The van der Waals surface area contributed by atoms with Gasteiger partial charge in [-0.2, -0.15) is 0 Å². The number of carbonyl (C=O) groups excluding carboxylic acids is 1. The van der Waals surface area contributed by atoms with Gasteiger partial charge in [-0.25, -0.2) is 8.78 Å². The van der Waals surface area contributed by atoms with Crippen LogP contribution in [0, 0.1) is 17.6 Å². The first-order valence-electron chi connectivity index (χ1n) is 6.52. The Labute approximate surface area is 111 Å². The van der Waals surface area contributed by atoms with Gasteiger partial charge >= 0.3 is 0 Å². The Morgan fingerprint density at radius 2 is 2.00 bits per heavy atom. The third kappa shape index (κ3) is 3.99. The zero-order chi connectivity index (χ0) is 13.8. The van der Waals surface area contributed by atoms with Crippen molar-refractivity contribution in [1.29, 1.82) is 0 Å². The monoisotopic (exact) mass is 268 g/mol. The lowest BCUT2D eigenvalue weighted by molar-refractivity contribution is 0.0943. The molecular formula is C14H18F2N2O. The Hall–Kier alpha value is -1.49. The van der Waals surface area contributed by atoms with E-state index in [4.69, 9.17) is 0 Å². The Balaban J connectivity index is 1.87. The Morgan fingerprint density at radius 1 is 1.32 bits per heavy atom. The molecular weight excluding hydrogens is 250 g/mol. The highest BCUT2D eigenvalue weighted by Gasteiger charge is 2.18. The quantitative estimate of drug-likeness (QED) is 0.881. The Morgan fingerprint density at radius 3 is 2.58 bits per heavy atom. The summed E-state index contributed by atoms with van der Waals surface area (Å²) in [6.07, 6.45) is 2.13. The van der Waals surface area contributed by atoms with Crippen LogP contribution in [-0.4, -0.2) is 25.0 Å². The van der Waals surface area contributed by atoms with E-state index in [1.807, 2.05) is 0 Å². The lowest BCUT2D eigenvalue weighted by Crippen LogP contribution is -2.42. The van der Waals surface area contributed by atoms with E-state index in [1.165, 1.54) is 0 Å². The van der Waals surface area contributed by atoms with Gasteiger partial charge in [-0.3, -0.25) is 4.79 Å². The molecule has 1 heterocycles. The summed E-state index contributed by atoms with van der Waals surface area (Å²) >= 11 is 0. The van der Waals surface area contributed by atoms with E-state index in [2.05, 4.69) is 17.6 Å². The van der Waals surface area contributed by atoms with Crippen LogP contribution in [0.2, 0.25) is 0 Å². The molecule has 1 aromatic carbocycles. The molecule has 2 rings (SSSR count). The number of amides is 1. The van der Waals surface area contributed by atoms with Gasteiger partial charge in [-0.15, -0.1) is 0 Å². The van der Waals surface area contributed by atoms with Crippen LogP contribution in [0.15, 0.2) is 18.2 Å². The van der Waals surface area contributed by atoms with Gasteiger partial charge in [0.2, 0.25) is 0 Å². The number of halogens is 2. The molecule has 1 amide bonds. The third-order valence-electron chi connectivity index (χ3n) is 3.44. The standard InChI is InChI=1S/C14H18F2N2O/c1-9-2-3-10(7-17-9)8-18-14(19)11-4-12(15)6-13(16)5-11/h4-6,9-10,17H,2-3,7-8H2,1H3,(H,18,19). The topological polar surface area (TPSA) is 41.1 Å². The van der Waals surface area contributed by atoms with Crippen LogP contribution in [0.25, 0.3) is 0 Å². The van der Waals surface area contributed by atoms with E-state index in [0.717, 1.165) is 37.6 Å². The van der Waals surface area contributed by atoms with Crippen LogP contribution >= 0.6 is 0 Å². The highest BCUT2D eigenvalue weighted by atomic mass is 19.1. The average molecular weight is 268 g/mol. The first-order valence-corrected chi connectivity index (χ1v) is 6.52. The van der Waals surface area contributed by atoms with Crippen LogP contribution in [0.4, 0.5) is 8.78 Å². The number of benzene rings is 1. The molecule has 2 N–H and O–H groups in total. The maximum Gasteiger partial charge on any atom is 0.251 e. The Kier molecular flexibility index (Phi) is 4.47. The molecule has 1 saturated heterocycles. The van der Waals surface area contributed by atoms with Crippen molar-refractivity contribution in [2.75, 3.05) is 13.1 Å². The molecule has 1 aliphatic heterocycles. The molecule has 0 saturated carbocycles. The van der Waals surface area contributed by atoms with Crippen molar-refractivity contribution < 1.29 is 13.6 Å². The molecule has 104 valence electrons. The summed E-state index contributed by atoms with van der Waals surface area (Å²) in [5.41, 5.74) is 0.0228. The van der Waals surface area contributed by atoms with Crippen molar-refractivity contribution in [2.45, 2.75) is 25.8 Å². The summed E-state index contributed by atoms with van der Waals surface area (Å²) in [5, 5.41) is 6.07. The number of nitrogens with one attached hydrogen (secondary N) is 2. The predicted molar refractivity (Wildman–Crippen MR) is 68.9 cm³/mol. The normalized spacial score (nSPS) is 23.1. The molecule has 1 aromatic rings. The van der Waals surface area contributed by atoms with Crippen LogP contribution in [0.5, 0.6) is 0 Å². The number of hydrogen-bond acceptors (Lipinski definition) is 2. The zero-order valence-electron chi connectivity index (χ0n) is 10.9. The second-order valence-corrected chi connectivity index (χ2v) is 5.12. The van der Waals surface area contributed by atoms with Gasteiger partial charge in [0.05, 0.1) is 0 Å². The van der Waals surface area contributed by atoms with E-state index >= 15 is 0 Å². The van der Waals surface area contributed by atoms with Gasteiger partial charge < -0.3 is 10.6 Å². The fraction of sp³-hybridized carbons (Fsp3) is 0.500. The molecule has 19 heavy (non-hydrogen) atoms. The van der Waals surface area contributed by atoms with Gasteiger partial charge in [-0.1, -0.05) is 0 Å². The van der Waals surface area contributed by atoms with Crippen LogP contribution in [0.3, 0.4) is 0 Å². The summed E-state index contributed by atoms with van der Waals surface area (Å²) < 4.78 is 26.0. The maximum absolute atomic E-state index is 13.0. The maximum atomic E-state index is 13.0.